The number of aromatic nitrogens is 1. The smallest absolute Gasteiger partial charge is 0.335 e. The molecule has 148 valence electrons. The number of hydrogen-bond acceptors (Lipinski definition) is 5. The summed E-state index contributed by atoms with van der Waals surface area (Å²) in [5, 5.41) is 11.7. The molecule has 1 heterocycles. The van der Waals surface area contributed by atoms with Crippen molar-refractivity contribution in [2.45, 2.75) is 19.4 Å². The third kappa shape index (κ3) is 5.46. The van der Waals surface area contributed by atoms with E-state index in [9.17, 15) is 14.4 Å². The number of carbonyl (C=O) groups excluding carboxylic acids is 1. The van der Waals surface area contributed by atoms with Crippen LogP contribution in [0.2, 0.25) is 0 Å². The third-order valence-electron chi connectivity index (χ3n) is 4.18. The van der Waals surface area contributed by atoms with Crippen molar-refractivity contribution in [3.63, 3.8) is 0 Å². The minimum Gasteiger partial charge on any atom is -0.478 e. The van der Waals surface area contributed by atoms with Crippen LogP contribution < -0.4 is 10.9 Å². The molecule has 1 amide bonds. The number of anilines is 1. The summed E-state index contributed by atoms with van der Waals surface area (Å²) < 4.78 is 1.95. The summed E-state index contributed by atoms with van der Waals surface area (Å²) in [6.07, 6.45) is 0.620. The summed E-state index contributed by atoms with van der Waals surface area (Å²) in [5.41, 5.74) is 1.27. The molecule has 1 aromatic heterocycles. The Balaban J connectivity index is 1.61. The SMILES string of the molecule is O=C(CCCn1c(=O)cc(-c2ccccc2)sc1=S)Nc1cccc(C(=O)O)c1. The molecular weight excluding hydrogens is 408 g/mol. The normalized spacial score (nSPS) is 10.5. The van der Waals surface area contributed by atoms with Crippen LogP contribution in [0.25, 0.3) is 10.4 Å². The van der Waals surface area contributed by atoms with Crippen molar-refractivity contribution in [2.24, 2.45) is 0 Å². The van der Waals surface area contributed by atoms with Crippen molar-refractivity contribution in [2.75, 3.05) is 5.32 Å². The Hall–Kier alpha value is -3.10. The van der Waals surface area contributed by atoms with Crippen LogP contribution in [0.3, 0.4) is 0 Å². The van der Waals surface area contributed by atoms with E-state index in [2.05, 4.69) is 5.32 Å². The molecule has 0 saturated heterocycles. The lowest BCUT2D eigenvalue weighted by molar-refractivity contribution is -0.116. The van der Waals surface area contributed by atoms with Crippen LogP contribution in [-0.2, 0) is 11.3 Å². The Labute approximate surface area is 176 Å². The number of carbonyl (C=O) groups is 2. The second kappa shape index (κ2) is 9.40. The van der Waals surface area contributed by atoms with E-state index in [0.29, 0.717) is 22.6 Å². The first-order valence-electron chi connectivity index (χ1n) is 8.87. The highest BCUT2D eigenvalue weighted by Crippen LogP contribution is 2.22. The van der Waals surface area contributed by atoms with Crippen LogP contribution in [0, 0.1) is 3.95 Å². The molecular formula is C21H18N2O4S2. The van der Waals surface area contributed by atoms with Gasteiger partial charge in [0.2, 0.25) is 5.91 Å². The van der Waals surface area contributed by atoms with E-state index in [4.69, 9.17) is 17.3 Å². The molecule has 2 aromatic carbocycles. The number of carboxylic acid groups (broad SMARTS) is 1. The molecule has 0 fully saturated rings. The lowest BCUT2D eigenvalue weighted by Gasteiger charge is -2.08. The van der Waals surface area contributed by atoms with Gasteiger partial charge in [0, 0.05) is 29.6 Å². The first-order valence-corrected chi connectivity index (χ1v) is 10.1. The molecule has 0 aliphatic heterocycles. The van der Waals surface area contributed by atoms with Crippen LogP contribution in [0.1, 0.15) is 23.2 Å². The van der Waals surface area contributed by atoms with E-state index in [-0.39, 0.29) is 23.5 Å². The quantitative estimate of drug-likeness (QED) is 0.546. The summed E-state index contributed by atoms with van der Waals surface area (Å²) in [5.74, 6) is -1.31. The number of rotatable bonds is 7. The molecule has 2 N–H and O–H groups in total. The number of nitrogens with zero attached hydrogens (tertiary/aromatic N) is 1. The second-order valence-electron chi connectivity index (χ2n) is 6.27. The van der Waals surface area contributed by atoms with Gasteiger partial charge in [-0.2, -0.15) is 0 Å². The predicted molar refractivity (Wildman–Crippen MR) is 116 cm³/mol. The number of amides is 1. The summed E-state index contributed by atoms with van der Waals surface area (Å²) in [4.78, 5) is 36.4. The fraction of sp³-hybridized carbons (Fsp3) is 0.143. The lowest BCUT2D eigenvalue weighted by atomic mass is 10.2. The Morgan fingerprint density at radius 3 is 2.52 bits per heavy atom. The molecule has 3 aromatic rings. The monoisotopic (exact) mass is 426 g/mol. The Morgan fingerprint density at radius 1 is 1.07 bits per heavy atom. The predicted octanol–water partition coefficient (Wildman–Crippen LogP) is 4.42. The van der Waals surface area contributed by atoms with Gasteiger partial charge in [-0.05, 0) is 42.4 Å². The van der Waals surface area contributed by atoms with E-state index in [1.807, 2.05) is 30.3 Å². The zero-order valence-electron chi connectivity index (χ0n) is 15.3. The average Bonchev–Trinajstić information content (AvgIpc) is 2.70. The Kier molecular flexibility index (Phi) is 6.69. The molecule has 0 radical (unpaired) electrons. The molecule has 0 bridgehead atoms. The van der Waals surface area contributed by atoms with E-state index >= 15 is 0 Å². The summed E-state index contributed by atoms with van der Waals surface area (Å²) in [7, 11) is 0. The summed E-state index contributed by atoms with van der Waals surface area (Å²) >= 11 is 6.73. The topological polar surface area (TPSA) is 88.4 Å². The number of hydrogen-bond donors (Lipinski definition) is 2. The van der Waals surface area contributed by atoms with Crippen LogP contribution in [-0.4, -0.2) is 21.6 Å². The molecule has 0 spiro atoms. The molecule has 6 nitrogen and oxygen atoms in total. The van der Waals surface area contributed by atoms with E-state index in [1.54, 1.807) is 18.2 Å². The molecule has 29 heavy (non-hydrogen) atoms. The van der Waals surface area contributed by atoms with Gasteiger partial charge in [-0.1, -0.05) is 36.4 Å². The molecule has 0 atom stereocenters. The third-order valence-corrected chi connectivity index (χ3v) is 5.61. The van der Waals surface area contributed by atoms with Crippen molar-refractivity contribution in [1.82, 2.24) is 4.57 Å². The van der Waals surface area contributed by atoms with Crippen LogP contribution in [0.15, 0.2) is 65.5 Å². The van der Waals surface area contributed by atoms with E-state index in [0.717, 1.165) is 10.4 Å². The Bertz CT molecular complexity index is 1120. The molecule has 0 aliphatic rings. The van der Waals surface area contributed by atoms with Gasteiger partial charge in [0.1, 0.15) is 0 Å². The molecule has 0 saturated carbocycles. The largest absolute Gasteiger partial charge is 0.478 e. The van der Waals surface area contributed by atoms with Crippen molar-refractivity contribution in [3.05, 3.63) is 80.5 Å². The zero-order chi connectivity index (χ0) is 20.8. The van der Waals surface area contributed by atoms with Gasteiger partial charge in [0.15, 0.2) is 3.95 Å². The van der Waals surface area contributed by atoms with Gasteiger partial charge in [-0.15, -0.1) is 11.3 Å². The maximum absolute atomic E-state index is 12.4. The van der Waals surface area contributed by atoms with E-state index < -0.39 is 5.97 Å². The highest BCUT2D eigenvalue weighted by atomic mass is 32.1. The first-order chi connectivity index (χ1) is 13.9. The van der Waals surface area contributed by atoms with Crippen molar-refractivity contribution in [1.29, 1.82) is 0 Å². The van der Waals surface area contributed by atoms with Crippen molar-refractivity contribution < 1.29 is 14.7 Å². The number of carboxylic acids is 1. The highest BCUT2D eigenvalue weighted by Gasteiger charge is 2.08. The second-order valence-corrected chi connectivity index (χ2v) is 7.95. The summed E-state index contributed by atoms with van der Waals surface area (Å²) in [6.45, 7) is 0.339. The maximum Gasteiger partial charge on any atom is 0.335 e. The highest BCUT2D eigenvalue weighted by molar-refractivity contribution is 7.73. The van der Waals surface area contributed by atoms with E-state index in [1.165, 1.54) is 28.0 Å². The fourth-order valence-corrected chi connectivity index (χ4v) is 4.10. The lowest BCUT2D eigenvalue weighted by Crippen LogP contribution is -2.20. The number of nitrogens with one attached hydrogen (secondary N) is 1. The average molecular weight is 427 g/mol. The van der Waals surface area contributed by atoms with Gasteiger partial charge in [0.05, 0.1) is 5.56 Å². The van der Waals surface area contributed by atoms with Gasteiger partial charge in [-0.25, -0.2) is 4.79 Å². The standard InChI is InChI=1S/C21H18N2O4S2/c24-18(22-16-9-4-8-15(12-16)20(26)27)10-5-11-23-19(25)13-17(29-21(23)28)14-6-2-1-3-7-14/h1-4,6-9,12-13H,5,10-11H2,(H,22,24)(H,26,27). The maximum atomic E-state index is 12.4. The Morgan fingerprint density at radius 2 is 1.83 bits per heavy atom. The van der Waals surface area contributed by atoms with Gasteiger partial charge in [0.25, 0.3) is 5.56 Å². The number of benzene rings is 2. The molecule has 3 rings (SSSR count). The minimum absolute atomic E-state index is 0.102. The molecule has 8 heteroatoms. The van der Waals surface area contributed by atoms with Crippen molar-refractivity contribution >= 4 is 41.1 Å². The zero-order valence-corrected chi connectivity index (χ0v) is 17.0. The first kappa shape index (κ1) is 20.6. The van der Waals surface area contributed by atoms with Gasteiger partial charge >= 0.3 is 5.97 Å². The van der Waals surface area contributed by atoms with Gasteiger partial charge < -0.3 is 10.4 Å². The number of aromatic carboxylic acids is 1. The molecule has 0 aliphatic carbocycles. The van der Waals surface area contributed by atoms with Crippen LogP contribution in [0.4, 0.5) is 5.69 Å². The molecule has 0 unspecified atom stereocenters. The van der Waals surface area contributed by atoms with Crippen LogP contribution in [0.5, 0.6) is 0 Å². The van der Waals surface area contributed by atoms with Gasteiger partial charge in [-0.3, -0.25) is 14.2 Å². The summed E-state index contributed by atoms with van der Waals surface area (Å²) in [6, 6.07) is 17.2. The van der Waals surface area contributed by atoms with Crippen LogP contribution >= 0.6 is 23.6 Å². The van der Waals surface area contributed by atoms with Crippen molar-refractivity contribution in [3.8, 4) is 10.4 Å². The minimum atomic E-state index is -1.06. The fourth-order valence-electron chi connectivity index (χ4n) is 2.76.